The molecular formula is C13H22N2. The van der Waals surface area contributed by atoms with Crippen LogP contribution >= 0.6 is 0 Å². The van der Waals surface area contributed by atoms with E-state index in [4.69, 9.17) is 5.73 Å². The van der Waals surface area contributed by atoms with E-state index in [1.54, 1.807) is 0 Å². The van der Waals surface area contributed by atoms with Crippen LogP contribution in [-0.2, 0) is 6.42 Å². The molecule has 0 fully saturated rings. The Kier molecular flexibility index (Phi) is 4.79. The summed E-state index contributed by atoms with van der Waals surface area (Å²) in [5.41, 5.74) is 11.1. The largest absolute Gasteiger partial charge is 0.329 e. The first kappa shape index (κ1) is 12.2. The minimum Gasteiger partial charge on any atom is -0.329 e. The summed E-state index contributed by atoms with van der Waals surface area (Å²) in [5, 5.41) is 3.32. The van der Waals surface area contributed by atoms with Crippen molar-refractivity contribution in [1.82, 2.24) is 5.32 Å². The minimum atomic E-state index is 0.714. The Balaban J connectivity index is 2.58. The predicted octanol–water partition coefficient (Wildman–Crippen LogP) is 1.70. The molecule has 1 aromatic rings. The van der Waals surface area contributed by atoms with Crippen LogP contribution in [0.5, 0.6) is 0 Å². The molecule has 0 aliphatic carbocycles. The fraction of sp³-hybridized carbons (Fsp3) is 0.538. The molecule has 0 aliphatic heterocycles. The SMILES string of the molecule is Cc1ccc(CCNCCN)c(C)c1C. The molecular weight excluding hydrogens is 184 g/mol. The lowest BCUT2D eigenvalue weighted by atomic mass is 9.97. The van der Waals surface area contributed by atoms with Gasteiger partial charge in [-0.05, 0) is 56.0 Å². The normalized spacial score (nSPS) is 10.7. The third-order valence-electron chi connectivity index (χ3n) is 3.06. The molecule has 1 aromatic carbocycles. The van der Waals surface area contributed by atoms with Crippen LogP contribution in [0.15, 0.2) is 12.1 Å². The van der Waals surface area contributed by atoms with E-state index in [2.05, 4.69) is 38.2 Å². The van der Waals surface area contributed by atoms with Gasteiger partial charge in [0.05, 0.1) is 0 Å². The van der Waals surface area contributed by atoms with Gasteiger partial charge >= 0.3 is 0 Å². The molecule has 0 radical (unpaired) electrons. The summed E-state index contributed by atoms with van der Waals surface area (Å²) >= 11 is 0. The third kappa shape index (κ3) is 3.33. The molecule has 0 heterocycles. The van der Waals surface area contributed by atoms with Crippen molar-refractivity contribution in [2.45, 2.75) is 27.2 Å². The van der Waals surface area contributed by atoms with Gasteiger partial charge in [-0.25, -0.2) is 0 Å². The summed E-state index contributed by atoms with van der Waals surface area (Å²) < 4.78 is 0. The zero-order valence-corrected chi connectivity index (χ0v) is 10.1. The van der Waals surface area contributed by atoms with Crippen molar-refractivity contribution in [3.8, 4) is 0 Å². The Hall–Kier alpha value is -0.860. The molecule has 0 amide bonds. The van der Waals surface area contributed by atoms with Crippen LogP contribution in [0, 0.1) is 20.8 Å². The van der Waals surface area contributed by atoms with Gasteiger partial charge in [0, 0.05) is 13.1 Å². The van der Waals surface area contributed by atoms with E-state index in [9.17, 15) is 0 Å². The average molecular weight is 206 g/mol. The number of hydrogen-bond donors (Lipinski definition) is 2. The first-order valence-electron chi connectivity index (χ1n) is 5.63. The van der Waals surface area contributed by atoms with E-state index < -0.39 is 0 Å². The molecule has 0 aliphatic rings. The number of hydrogen-bond acceptors (Lipinski definition) is 2. The van der Waals surface area contributed by atoms with Gasteiger partial charge in [-0.1, -0.05) is 12.1 Å². The van der Waals surface area contributed by atoms with E-state index in [1.165, 1.54) is 22.3 Å². The van der Waals surface area contributed by atoms with Gasteiger partial charge in [-0.2, -0.15) is 0 Å². The maximum absolute atomic E-state index is 5.42. The van der Waals surface area contributed by atoms with Crippen LogP contribution in [0.25, 0.3) is 0 Å². The molecule has 0 spiro atoms. The first-order chi connectivity index (χ1) is 7.16. The van der Waals surface area contributed by atoms with E-state index >= 15 is 0 Å². The van der Waals surface area contributed by atoms with Crippen LogP contribution in [-0.4, -0.2) is 19.6 Å². The molecule has 3 N–H and O–H groups in total. The van der Waals surface area contributed by atoms with Gasteiger partial charge in [0.1, 0.15) is 0 Å². The second kappa shape index (κ2) is 5.89. The summed E-state index contributed by atoms with van der Waals surface area (Å²) in [6.45, 7) is 9.21. The van der Waals surface area contributed by atoms with Crippen molar-refractivity contribution in [1.29, 1.82) is 0 Å². The first-order valence-corrected chi connectivity index (χ1v) is 5.63. The number of rotatable bonds is 5. The molecule has 0 aromatic heterocycles. The minimum absolute atomic E-state index is 0.714. The second-order valence-corrected chi connectivity index (χ2v) is 4.08. The molecule has 0 saturated carbocycles. The number of nitrogens with two attached hydrogens (primary N) is 1. The van der Waals surface area contributed by atoms with E-state index in [0.29, 0.717) is 6.54 Å². The maximum atomic E-state index is 5.42. The highest BCUT2D eigenvalue weighted by Gasteiger charge is 2.02. The van der Waals surface area contributed by atoms with Crippen LogP contribution in [0.2, 0.25) is 0 Å². The molecule has 0 bridgehead atoms. The van der Waals surface area contributed by atoms with E-state index in [-0.39, 0.29) is 0 Å². The summed E-state index contributed by atoms with van der Waals surface area (Å²) in [6.07, 6.45) is 1.09. The standard InChI is InChI=1S/C13H22N2/c1-10-4-5-13(12(3)11(10)2)6-8-15-9-7-14/h4-5,15H,6-9,14H2,1-3H3. The Morgan fingerprint density at radius 2 is 1.80 bits per heavy atom. The summed E-state index contributed by atoms with van der Waals surface area (Å²) in [6, 6.07) is 4.45. The van der Waals surface area contributed by atoms with Gasteiger partial charge in [0.25, 0.3) is 0 Å². The van der Waals surface area contributed by atoms with Crippen LogP contribution < -0.4 is 11.1 Å². The lowest BCUT2D eigenvalue weighted by molar-refractivity contribution is 0.687. The number of benzene rings is 1. The van der Waals surface area contributed by atoms with Crippen LogP contribution in [0.4, 0.5) is 0 Å². The van der Waals surface area contributed by atoms with Crippen molar-refractivity contribution >= 4 is 0 Å². The Morgan fingerprint density at radius 1 is 1.07 bits per heavy atom. The molecule has 15 heavy (non-hydrogen) atoms. The Bertz CT molecular complexity index is 319. The topological polar surface area (TPSA) is 38.0 Å². The maximum Gasteiger partial charge on any atom is 0.00746 e. The molecule has 84 valence electrons. The van der Waals surface area contributed by atoms with E-state index in [0.717, 1.165) is 19.5 Å². The highest BCUT2D eigenvalue weighted by atomic mass is 14.9. The molecule has 0 unspecified atom stereocenters. The van der Waals surface area contributed by atoms with Crippen molar-refractivity contribution in [2.75, 3.05) is 19.6 Å². The van der Waals surface area contributed by atoms with Crippen molar-refractivity contribution in [2.24, 2.45) is 5.73 Å². The lowest BCUT2D eigenvalue weighted by Gasteiger charge is -2.11. The van der Waals surface area contributed by atoms with Crippen molar-refractivity contribution in [3.05, 3.63) is 34.4 Å². The average Bonchev–Trinajstić information content (AvgIpc) is 2.24. The fourth-order valence-corrected chi connectivity index (χ4v) is 1.73. The molecule has 0 atom stereocenters. The Labute approximate surface area is 92.9 Å². The zero-order valence-electron chi connectivity index (χ0n) is 10.1. The molecule has 2 heteroatoms. The van der Waals surface area contributed by atoms with Gasteiger partial charge in [0.15, 0.2) is 0 Å². The van der Waals surface area contributed by atoms with Crippen LogP contribution in [0.3, 0.4) is 0 Å². The number of aryl methyl sites for hydroxylation is 1. The number of nitrogens with one attached hydrogen (secondary N) is 1. The quantitative estimate of drug-likeness (QED) is 0.720. The Morgan fingerprint density at radius 3 is 2.47 bits per heavy atom. The van der Waals surface area contributed by atoms with Gasteiger partial charge in [0.2, 0.25) is 0 Å². The predicted molar refractivity (Wildman–Crippen MR) is 66.3 cm³/mol. The van der Waals surface area contributed by atoms with E-state index in [1.807, 2.05) is 0 Å². The molecule has 1 rings (SSSR count). The molecule has 2 nitrogen and oxygen atoms in total. The van der Waals surface area contributed by atoms with Gasteiger partial charge in [-0.15, -0.1) is 0 Å². The highest BCUT2D eigenvalue weighted by Crippen LogP contribution is 2.17. The smallest absolute Gasteiger partial charge is 0.00746 e. The summed E-state index contributed by atoms with van der Waals surface area (Å²) in [7, 11) is 0. The second-order valence-electron chi connectivity index (χ2n) is 4.08. The third-order valence-corrected chi connectivity index (χ3v) is 3.06. The van der Waals surface area contributed by atoms with Gasteiger partial charge in [-0.3, -0.25) is 0 Å². The molecule has 0 saturated heterocycles. The van der Waals surface area contributed by atoms with Crippen molar-refractivity contribution < 1.29 is 0 Å². The van der Waals surface area contributed by atoms with Crippen molar-refractivity contribution in [3.63, 3.8) is 0 Å². The summed E-state index contributed by atoms with van der Waals surface area (Å²) in [5.74, 6) is 0. The van der Waals surface area contributed by atoms with Gasteiger partial charge < -0.3 is 11.1 Å². The fourth-order valence-electron chi connectivity index (χ4n) is 1.73. The van der Waals surface area contributed by atoms with Crippen LogP contribution in [0.1, 0.15) is 22.3 Å². The lowest BCUT2D eigenvalue weighted by Crippen LogP contribution is -2.24. The monoisotopic (exact) mass is 206 g/mol. The summed E-state index contributed by atoms with van der Waals surface area (Å²) in [4.78, 5) is 0. The highest BCUT2D eigenvalue weighted by molar-refractivity contribution is 5.38. The zero-order chi connectivity index (χ0) is 11.3.